The van der Waals surface area contributed by atoms with Crippen LogP contribution in [0.5, 0.6) is 5.75 Å². The smallest absolute Gasteiger partial charge is 0.148 e. The third-order valence-corrected chi connectivity index (χ3v) is 3.76. The summed E-state index contributed by atoms with van der Waals surface area (Å²) in [5, 5.41) is 12.5. The number of benzene rings is 1. The van der Waals surface area contributed by atoms with Crippen LogP contribution in [0.3, 0.4) is 0 Å². The predicted octanol–water partition coefficient (Wildman–Crippen LogP) is 3.86. The van der Waals surface area contributed by atoms with Gasteiger partial charge in [-0.3, -0.25) is 0 Å². The summed E-state index contributed by atoms with van der Waals surface area (Å²) >= 11 is 7.06. The SMILES string of the molecule is CC(C)Oc1c(Br)cc(CNC(C)(C)CO)cc1Br. The molecule has 3 nitrogen and oxygen atoms in total. The molecule has 1 rings (SSSR count). The molecular weight excluding hydrogens is 374 g/mol. The molecule has 0 aromatic heterocycles. The molecule has 0 fully saturated rings. The molecular formula is C14H21Br2NO2. The summed E-state index contributed by atoms with van der Waals surface area (Å²) in [5.41, 5.74) is 0.836. The Balaban J connectivity index is 2.83. The molecule has 0 heterocycles. The molecule has 0 saturated carbocycles. The number of aliphatic hydroxyl groups excluding tert-OH is 1. The monoisotopic (exact) mass is 393 g/mol. The van der Waals surface area contributed by atoms with Gasteiger partial charge < -0.3 is 15.2 Å². The summed E-state index contributed by atoms with van der Waals surface area (Å²) in [7, 11) is 0. The van der Waals surface area contributed by atoms with Gasteiger partial charge in [0, 0.05) is 12.1 Å². The van der Waals surface area contributed by atoms with E-state index in [9.17, 15) is 5.11 Å². The lowest BCUT2D eigenvalue weighted by molar-refractivity contribution is 0.187. The van der Waals surface area contributed by atoms with Crippen molar-refractivity contribution in [2.75, 3.05) is 6.61 Å². The van der Waals surface area contributed by atoms with Crippen molar-refractivity contribution in [3.05, 3.63) is 26.6 Å². The maximum Gasteiger partial charge on any atom is 0.148 e. The molecule has 0 spiro atoms. The summed E-state index contributed by atoms with van der Waals surface area (Å²) < 4.78 is 7.59. The summed E-state index contributed by atoms with van der Waals surface area (Å²) in [6, 6.07) is 4.06. The van der Waals surface area contributed by atoms with E-state index in [4.69, 9.17) is 4.74 Å². The van der Waals surface area contributed by atoms with Crippen molar-refractivity contribution in [3.63, 3.8) is 0 Å². The number of halogens is 2. The van der Waals surface area contributed by atoms with E-state index in [0.717, 1.165) is 20.3 Å². The molecule has 0 unspecified atom stereocenters. The van der Waals surface area contributed by atoms with Gasteiger partial charge in [0.1, 0.15) is 5.75 Å². The minimum absolute atomic E-state index is 0.101. The van der Waals surface area contributed by atoms with Crippen LogP contribution < -0.4 is 10.1 Å². The van der Waals surface area contributed by atoms with Crippen LogP contribution in [0.1, 0.15) is 33.3 Å². The van der Waals surface area contributed by atoms with Crippen molar-refractivity contribution >= 4 is 31.9 Å². The molecule has 5 heteroatoms. The Bertz CT molecular complexity index is 410. The van der Waals surface area contributed by atoms with Crippen molar-refractivity contribution in [1.82, 2.24) is 5.32 Å². The van der Waals surface area contributed by atoms with Crippen LogP contribution in [0.4, 0.5) is 0 Å². The Morgan fingerprint density at radius 1 is 1.26 bits per heavy atom. The normalized spacial score (nSPS) is 12.0. The lowest BCUT2D eigenvalue weighted by Crippen LogP contribution is -2.42. The molecule has 108 valence electrons. The highest BCUT2D eigenvalue weighted by Gasteiger charge is 2.16. The second-order valence-corrected chi connectivity index (χ2v) is 7.16. The molecule has 0 aliphatic heterocycles. The van der Waals surface area contributed by atoms with Gasteiger partial charge in [0.15, 0.2) is 0 Å². The molecule has 0 atom stereocenters. The molecule has 19 heavy (non-hydrogen) atoms. The Labute approximate surface area is 132 Å². The van der Waals surface area contributed by atoms with E-state index >= 15 is 0 Å². The first kappa shape index (κ1) is 17.0. The summed E-state index contributed by atoms with van der Waals surface area (Å²) in [6.45, 7) is 8.72. The summed E-state index contributed by atoms with van der Waals surface area (Å²) in [4.78, 5) is 0. The van der Waals surface area contributed by atoms with Crippen LogP contribution >= 0.6 is 31.9 Å². The fourth-order valence-corrected chi connectivity index (χ4v) is 2.93. The van der Waals surface area contributed by atoms with Crippen LogP contribution in [-0.4, -0.2) is 23.4 Å². The van der Waals surface area contributed by atoms with E-state index in [0.29, 0.717) is 6.54 Å². The third kappa shape index (κ3) is 5.42. The van der Waals surface area contributed by atoms with Crippen LogP contribution in [0, 0.1) is 0 Å². The van der Waals surface area contributed by atoms with Crippen molar-refractivity contribution in [2.24, 2.45) is 0 Å². The number of hydrogen-bond donors (Lipinski definition) is 2. The highest BCUT2D eigenvalue weighted by molar-refractivity contribution is 9.11. The lowest BCUT2D eigenvalue weighted by Gasteiger charge is -2.24. The molecule has 0 amide bonds. The van der Waals surface area contributed by atoms with Gasteiger partial charge in [-0.15, -0.1) is 0 Å². The molecule has 0 radical (unpaired) electrons. The summed E-state index contributed by atoms with van der Waals surface area (Å²) in [6.07, 6.45) is 0.130. The van der Waals surface area contributed by atoms with Crippen LogP contribution in [-0.2, 0) is 6.54 Å². The second-order valence-electron chi connectivity index (χ2n) is 5.45. The average Bonchev–Trinajstić information content (AvgIpc) is 2.31. The van der Waals surface area contributed by atoms with E-state index in [1.54, 1.807) is 0 Å². The Morgan fingerprint density at radius 3 is 2.21 bits per heavy atom. The van der Waals surface area contributed by atoms with Gasteiger partial charge in [-0.05, 0) is 77.3 Å². The third-order valence-electron chi connectivity index (χ3n) is 2.58. The maximum absolute atomic E-state index is 9.22. The Kier molecular flexibility index (Phi) is 6.30. The largest absolute Gasteiger partial charge is 0.489 e. The fraction of sp³-hybridized carbons (Fsp3) is 0.571. The van der Waals surface area contributed by atoms with E-state index in [-0.39, 0.29) is 18.2 Å². The zero-order chi connectivity index (χ0) is 14.6. The molecule has 0 bridgehead atoms. The number of nitrogens with one attached hydrogen (secondary N) is 1. The van der Waals surface area contributed by atoms with Gasteiger partial charge in [0.2, 0.25) is 0 Å². The van der Waals surface area contributed by atoms with Crippen LogP contribution in [0.15, 0.2) is 21.1 Å². The zero-order valence-corrected chi connectivity index (χ0v) is 14.9. The van der Waals surface area contributed by atoms with E-state index in [1.165, 1.54) is 0 Å². The van der Waals surface area contributed by atoms with Gasteiger partial charge >= 0.3 is 0 Å². The van der Waals surface area contributed by atoms with Crippen molar-refractivity contribution < 1.29 is 9.84 Å². The first-order valence-corrected chi connectivity index (χ1v) is 7.84. The van der Waals surface area contributed by atoms with E-state index in [2.05, 4.69) is 37.2 Å². The number of aliphatic hydroxyl groups is 1. The summed E-state index contributed by atoms with van der Waals surface area (Å²) in [5.74, 6) is 0.820. The van der Waals surface area contributed by atoms with E-state index in [1.807, 2.05) is 39.8 Å². The molecule has 0 saturated heterocycles. The van der Waals surface area contributed by atoms with E-state index < -0.39 is 0 Å². The highest BCUT2D eigenvalue weighted by atomic mass is 79.9. The molecule has 1 aromatic carbocycles. The standard InChI is InChI=1S/C14H21Br2NO2/c1-9(2)19-13-11(15)5-10(6-12(13)16)7-17-14(3,4)8-18/h5-6,9,17-18H,7-8H2,1-4H3. The number of rotatable bonds is 6. The number of ether oxygens (including phenoxy) is 1. The average molecular weight is 395 g/mol. The second kappa shape index (κ2) is 7.07. The topological polar surface area (TPSA) is 41.5 Å². The van der Waals surface area contributed by atoms with Gasteiger partial charge in [-0.1, -0.05) is 0 Å². The quantitative estimate of drug-likeness (QED) is 0.769. The van der Waals surface area contributed by atoms with Gasteiger partial charge in [0.25, 0.3) is 0 Å². The van der Waals surface area contributed by atoms with Gasteiger partial charge in [-0.25, -0.2) is 0 Å². The van der Waals surface area contributed by atoms with Crippen LogP contribution in [0.25, 0.3) is 0 Å². The van der Waals surface area contributed by atoms with Crippen LogP contribution in [0.2, 0.25) is 0 Å². The first-order chi connectivity index (χ1) is 8.75. The molecule has 2 N–H and O–H groups in total. The Morgan fingerprint density at radius 2 is 1.79 bits per heavy atom. The number of hydrogen-bond acceptors (Lipinski definition) is 3. The minimum Gasteiger partial charge on any atom is -0.489 e. The maximum atomic E-state index is 9.22. The Hall–Kier alpha value is -0.100. The van der Waals surface area contributed by atoms with Gasteiger partial charge in [0.05, 0.1) is 21.7 Å². The van der Waals surface area contributed by atoms with Crippen molar-refractivity contribution in [3.8, 4) is 5.75 Å². The predicted molar refractivity (Wildman–Crippen MR) is 85.6 cm³/mol. The van der Waals surface area contributed by atoms with Crippen molar-refractivity contribution in [2.45, 2.75) is 45.9 Å². The fourth-order valence-electron chi connectivity index (χ4n) is 1.46. The lowest BCUT2D eigenvalue weighted by atomic mass is 10.1. The highest BCUT2D eigenvalue weighted by Crippen LogP contribution is 2.35. The minimum atomic E-state index is -0.286. The molecule has 0 aliphatic carbocycles. The van der Waals surface area contributed by atoms with Crippen molar-refractivity contribution in [1.29, 1.82) is 0 Å². The zero-order valence-electron chi connectivity index (χ0n) is 11.8. The first-order valence-electron chi connectivity index (χ1n) is 6.25. The molecule has 0 aliphatic rings. The van der Waals surface area contributed by atoms with Gasteiger partial charge in [-0.2, -0.15) is 0 Å². The molecule has 1 aromatic rings.